The SMILES string of the molecule is COc1ccccc1N1CCN(CCCNC(=O)c2ccccc2F)CC1. The summed E-state index contributed by atoms with van der Waals surface area (Å²) in [6.45, 7) is 5.29. The minimum Gasteiger partial charge on any atom is -0.495 e. The Kier molecular flexibility index (Phi) is 6.65. The van der Waals surface area contributed by atoms with Gasteiger partial charge in [0.05, 0.1) is 18.4 Å². The van der Waals surface area contributed by atoms with E-state index in [4.69, 9.17) is 4.74 Å². The second-order valence-electron chi connectivity index (χ2n) is 6.59. The van der Waals surface area contributed by atoms with Crippen LogP contribution >= 0.6 is 0 Å². The lowest BCUT2D eigenvalue weighted by Crippen LogP contribution is -2.47. The molecule has 0 saturated carbocycles. The molecule has 0 spiro atoms. The molecule has 0 atom stereocenters. The Morgan fingerprint density at radius 1 is 1.07 bits per heavy atom. The van der Waals surface area contributed by atoms with Crippen LogP contribution in [0.5, 0.6) is 5.75 Å². The van der Waals surface area contributed by atoms with Crippen molar-refractivity contribution >= 4 is 11.6 Å². The zero-order valence-corrected chi connectivity index (χ0v) is 15.7. The average molecular weight is 371 g/mol. The molecule has 6 heteroatoms. The lowest BCUT2D eigenvalue weighted by atomic mass is 10.2. The predicted molar refractivity (Wildman–Crippen MR) is 105 cm³/mol. The number of nitrogens with zero attached hydrogens (tertiary/aromatic N) is 2. The largest absolute Gasteiger partial charge is 0.495 e. The minimum atomic E-state index is -0.484. The molecular formula is C21H26FN3O2. The first-order valence-electron chi connectivity index (χ1n) is 9.32. The quantitative estimate of drug-likeness (QED) is 0.761. The molecule has 3 rings (SSSR count). The van der Waals surface area contributed by atoms with Crippen LogP contribution < -0.4 is 15.0 Å². The van der Waals surface area contributed by atoms with Crippen LogP contribution in [0.15, 0.2) is 48.5 Å². The van der Waals surface area contributed by atoms with Crippen LogP contribution in [0.4, 0.5) is 10.1 Å². The van der Waals surface area contributed by atoms with Crippen molar-refractivity contribution < 1.29 is 13.9 Å². The summed E-state index contributed by atoms with van der Waals surface area (Å²) in [5.41, 5.74) is 1.24. The summed E-state index contributed by atoms with van der Waals surface area (Å²) >= 11 is 0. The van der Waals surface area contributed by atoms with Gasteiger partial charge in [0.25, 0.3) is 5.91 Å². The van der Waals surface area contributed by atoms with E-state index in [1.165, 1.54) is 12.1 Å². The van der Waals surface area contributed by atoms with Gasteiger partial charge in [0.15, 0.2) is 0 Å². The smallest absolute Gasteiger partial charge is 0.254 e. The third-order valence-corrected chi connectivity index (χ3v) is 4.85. The lowest BCUT2D eigenvalue weighted by Gasteiger charge is -2.36. The highest BCUT2D eigenvalue weighted by Crippen LogP contribution is 2.28. The van der Waals surface area contributed by atoms with Crippen LogP contribution in [-0.2, 0) is 0 Å². The molecule has 0 radical (unpaired) electrons. The van der Waals surface area contributed by atoms with E-state index in [2.05, 4.69) is 21.2 Å². The number of amides is 1. The van der Waals surface area contributed by atoms with E-state index in [1.54, 1.807) is 19.2 Å². The minimum absolute atomic E-state index is 0.0999. The fraction of sp³-hybridized carbons (Fsp3) is 0.381. The standard InChI is InChI=1S/C21H26FN3O2/c1-27-20-10-5-4-9-19(20)25-15-13-24(14-16-25)12-6-11-23-21(26)17-7-2-3-8-18(17)22/h2-5,7-10H,6,11-16H2,1H3,(H,23,26). The van der Waals surface area contributed by atoms with Gasteiger partial charge in [0, 0.05) is 32.7 Å². The number of carbonyl (C=O) groups is 1. The first-order chi connectivity index (χ1) is 13.2. The molecule has 5 nitrogen and oxygen atoms in total. The van der Waals surface area contributed by atoms with Gasteiger partial charge in [-0.2, -0.15) is 0 Å². The summed E-state index contributed by atoms with van der Waals surface area (Å²) in [7, 11) is 1.70. The fourth-order valence-electron chi connectivity index (χ4n) is 3.35. The number of ether oxygens (including phenoxy) is 1. The Morgan fingerprint density at radius 2 is 1.78 bits per heavy atom. The van der Waals surface area contributed by atoms with Crippen molar-refractivity contribution in [3.8, 4) is 5.75 Å². The maximum Gasteiger partial charge on any atom is 0.254 e. The number of methoxy groups -OCH3 is 1. The highest BCUT2D eigenvalue weighted by atomic mass is 19.1. The molecule has 1 N–H and O–H groups in total. The zero-order chi connectivity index (χ0) is 19.1. The molecule has 1 heterocycles. The zero-order valence-electron chi connectivity index (χ0n) is 15.7. The summed E-state index contributed by atoms with van der Waals surface area (Å²) in [5, 5.41) is 2.80. The van der Waals surface area contributed by atoms with Gasteiger partial charge in [0.1, 0.15) is 11.6 Å². The van der Waals surface area contributed by atoms with Gasteiger partial charge in [-0.05, 0) is 37.2 Å². The Morgan fingerprint density at radius 3 is 2.52 bits per heavy atom. The van der Waals surface area contributed by atoms with E-state index < -0.39 is 5.82 Å². The number of nitrogens with one attached hydrogen (secondary N) is 1. The van der Waals surface area contributed by atoms with E-state index in [0.29, 0.717) is 6.54 Å². The van der Waals surface area contributed by atoms with Gasteiger partial charge in [-0.1, -0.05) is 24.3 Å². The normalized spacial score (nSPS) is 14.8. The molecule has 1 aliphatic rings. The van der Waals surface area contributed by atoms with Crippen molar-refractivity contribution in [1.82, 2.24) is 10.2 Å². The van der Waals surface area contributed by atoms with Crippen molar-refractivity contribution in [3.63, 3.8) is 0 Å². The molecular weight excluding hydrogens is 345 g/mol. The molecule has 1 aliphatic heterocycles. The highest BCUT2D eigenvalue weighted by molar-refractivity contribution is 5.94. The molecule has 0 aliphatic carbocycles. The molecule has 1 fully saturated rings. The average Bonchev–Trinajstić information content (AvgIpc) is 2.72. The number of rotatable bonds is 7. The summed E-state index contributed by atoms with van der Waals surface area (Å²) in [5.74, 6) is 0.0679. The number of piperazine rings is 1. The number of hydrogen-bond acceptors (Lipinski definition) is 4. The molecule has 2 aromatic carbocycles. The second kappa shape index (κ2) is 9.37. The van der Waals surface area contributed by atoms with Gasteiger partial charge < -0.3 is 15.0 Å². The van der Waals surface area contributed by atoms with Crippen LogP contribution in [0.3, 0.4) is 0 Å². The summed E-state index contributed by atoms with van der Waals surface area (Å²) in [6.07, 6.45) is 0.842. The van der Waals surface area contributed by atoms with Crippen molar-refractivity contribution in [2.45, 2.75) is 6.42 Å². The molecule has 1 saturated heterocycles. The van der Waals surface area contributed by atoms with Gasteiger partial charge in [-0.25, -0.2) is 4.39 Å². The summed E-state index contributed by atoms with van der Waals surface area (Å²) in [6, 6.07) is 14.1. The van der Waals surface area contributed by atoms with Crippen LogP contribution in [0.25, 0.3) is 0 Å². The molecule has 2 aromatic rings. The van der Waals surface area contributed by atoms with Gasteiger partial charge >= 0.3 is 0 Å². The van der Waals surface area contributed by atoms with Crippen LogP contribution in [0, 0.1) is 5.82 Å². The Labute approximate surface area is 159 Å². The predicted octanol–water partition coefficient (Wildman–Crippen LogP) is 2.78. The summed E-state index contributed by atoms with van der Waals surface area (Å²) in [4.78, 5) is 16.7. The molecule has 1 amide bonds. The van der Waals surface area contributed by atoms with Crippen molar-refractivity contribution in [1.29, 1.82) is 0 Å². The van der Waals surface area contributed by atoms with Gasteiger partial charge in [-0.15, -0.1) is 0 Å². The van der Waals surface area contributed by atoms with Crippen molar-refractivity contribution in [2.24, 2.45) is 0 Å². The molecule has 144 valence electrons. The van der Waals surface area contributed by atoms with Crippen molar-refractivity contribution in [2.75, 3.05) is 51.3 Å². The fourth-order valence-corrected chi connectivity index (χ4v) is 3.35. The maximum atomic E-state index is 13.6. The number of para-hydroxylation sites is 2. The lowest BCUT2D eigenvalue weighted by molar-refractivity contribution is 0.0947. The number of anilines is 1. The first kappa shape index (κ1) is 19.2. The van der Waals surface area contributed by atoms with E-state index >= 15 is 0 Å². The molecule has 27 heavy (non-hydrogen) atoms. The third-order valence-electron chi connectivity index (χ3n) is 4.85. The van der Waals surface area contributed by atoms with Crippen LogP contribution in [-0.4, -0.2) is 57.2 Å². The highest BCUT2D eigenvalue weighted by Gasteiger charge is 2.19. The topological polar surface area (TPSA) is 44.8 Å². The number of benzene rings is 2. The van der Waals surface area contributed by atoms with E-state index in [9.17, 15) is 9.18 Å². The van der Waals surface area contributed by atoms with E-state index in [1.807, 2.05) is 18.2 Å². The Bertz CT molecular complexity index is 761. The Hall–Kier alpha value is -2.60. The van der Waals surface area contributed by atoms with Crippen LogP contribution in [0.1, 0.15) is 16.8 Å². The molecule has 0 unspecified atom stereocenters. The van der Waals surface area contributed by atoms with Gasteiger partial charge in [-0.3, -0.25) is 9.69 Å². The van der Waals surface area contributed by atoms with E-state index in [0.717, 1.165) is 50.6 Å². The number of hydrogen-bond donors (Lipinski definition) is 1. The first-order valence-corrected chi connectivity index (χ1v) is 9.32. The number of halogens is 1. The summed E-state index contributed by atoms with van der Waals surface area (Å²) < 4.78 is 19.0. The number of carbonyl (C=O) groups excluding carboxylic acids is 1. The molecule has 0 aromatic heterocycles. The van der Waals surface area contributed by atoms with Gasteiger partial charge in [0.2, 0.25) is 0 Å². The molecule has 0 bridgehead atoms. The van der Waals surface area contributed by atoms with Crippen molar-refractivity contribution in [3.05, 3.63) is 59.9 Å². The maximum absolute atomic E-state index is 13.6. The van der Waals surface area contributed by atoms with E-state index in [-0.39, 0.29) is 11.5 Å². The second-order valence-corrected chi connectivity index (χ2v) is 6.59. The Balaban J connectivity index is 1.39. The monoisotopic (exact) mass is 371 g/mol. The van der Waals surface area contributed by atoms with Crippen LogP contribution in [0.2, 0.25) is 0 Å². The third kappa shape index (κ3) is 4.98.